The molecule has 5 nitrogen and oxygen atoms in total. The maximum Gasteiger partial charge on any atom is 0.138 e. The van der Waals surface area contributed by atoms with Crippen LogP contribution in [-0.4, -0.2) is 26.2 Å². The van der Waals surface area contributed by atoms with Gasteiger partial charge in [-0.25, -0.2) is 9.97 Å². The molecule has 2 aromatic heterocycles. The van der Waals surface area contributed by atoms with Gasteiger partial charge in [-0.3, -0.25) is 0 Å². The van der Waals surface area contributed by atoms with Crippen molar-refractivity contribution in [1.29, 1.82) is 0 Å². The van der Waals surface area contributed by atoms with Crippen molar-refractivity contribution in [2.45, 2.75) is 19.1 Å². The standard InChI is InChI=1S/C15H15N3O2S/c1-9(13(20)10-2-4-11(19)5-3-10)18-14-12-6-7-21-15(12)17-8-16-14/h2-9,13,19-20H,1H3,(H,16,17,18)/t9-,13+/m0/s1. The van der Waals surface area contributed by atoms with E-state index in [4.69, 9.17) is 0 Å². The molecule has 0 radical (unpaired) electrons. The van der Waals surface area contributed by atoms with E-state index < -0.39 is 6.10 Å². The number of phenolic OH excluding ortho intramolecular Hbond substituents is 1. The Hall–Kier alpha value is -2.18. The quantitative estimate of drug-likeness (QED) is 0.690. The first-order valence-electron chi connectivity index (χ1n) is 6.57. The lowest BCUT2D eigenvalue weighted by Crippen LogP contribution is -2.24. The molecule has 0 amide bonds. The summed E-state index contributed by atoms with van der Waals surface area (Å²) in [6.07, 6.45) is 0.815. The van der Waals surface area contributed by atoms with Crippen LogP contribution in [0.3, 0.4) is 0 Å². The van der Waals surface area contributed by atoms with E-state index in [0.717, 1.165) is 15.8 Å². The van der Waals surface area contributed by atoms with Gasteiger partial charge >= 0.3 is 0 Å². The molecular formula is C15H15N3O2S. The third-order valence-electron chi connectivity index (χ3n) is 3.33. The summed E-state index contributed by atoms with van der Waals surface area (Å²) in [7, 11) is 0. The van der Waals surface area contributed by atoms with Gasteiger partial charge in [-0.15, -0.1) is 11.3 Å². The first-order valence-corrected chi connectivity index (χ1v) is 7.45. The van der Waals surface area contributed by atoms with Crippen molar-refractivity contribution < 1.29 is 10.2 Å². The minimum Gasteiger partial charge on any atom is -0.508 e. The zero-order valence-electron chi connectivity index (χ0n) is 11.4. The van der Waals surface area contributed by atoms with Gasteiger partial charge < -0.3 is 15.5 Å². The highest BCUT2D eigenvalue weighted by atomic mass is 32.1. The smallest absolute Gasteiger partial charge is 0.138 e. The minimum atomic E-state index is -0.700. The van der Waals surface area contributed by atoms with Crippen LogP contribution in [0, 0.1) is 0 Å². The molecule has 0 unspecified atom stereocenters. The third kappa shape index (κ3) is 2.81. The fourth-order valence-electron chi connectivity index (χ4n) is 2.16. The minimum absolute atomic E-state index is 0.183. The number of thiophene rings is 1. The Kier molecular flexibility index (Phi) is 3.72. The molecule has 3 N–H and O–H groups in total. The van der Waals surface area contributed by atoms with Crippen LogP contribution in [0.5, 0.6) is 5.75 Å². The average Bonchev–Trinajstić information content (AvgIpc) is 2.97. The molecule has 0 aliphatic rings. The molecule has 2 heterocycles. The first-order chi connectivity index (χ1) is 10.1. The Labute approximate surface area is 125 Å². The normalized spacial score (nSPS) is 14.0. The van der Waals surface area contributed by atoms with Crippen molar-refractivity contribution in [1.82, 2.24) is 9.97 Å². The molecular weight excluding hydrogens is 286 g/mol. The Balaban J connectivity index is 1.81. The van der Waals surface area contributed by atoms with Gasteiger partial charge in [-0.05, 0) is 36.1 Å². The number of aromatic nitrogens is 2. The fraction of sp³-hybridized carbons (Fsp3) is 0.200. The topological polar surface area (TPSA) is 78.3 Å². The highest BCUT2D eigenvalue weighted by molar-refractivity contribution is 7.16. The van der Waals surface area contributed by atoms with E-state index in [-0.39, 0.29) is 11.8 Å². The number of fused-ring (bicyclic) bond motifs is 1. The molecule has 2 atom stereocenters. The zero-order chi connectivity index (χ0) is 14.8. The highest BCUT2D eigenvalue weighted by Gasteiger charge is 2.18. The SMILES string of the molecule is C[C@H](Nc1ncnc2sccc12)[C@@H](O)c1ccc(O)cc1. The number of nitrogens with zero attached hydrogens (tertiary/aromatic N) is 2. The van der Waals surface area contributed by atoms with Crippen molar-refractivity contribution in [3.05, 3.63) is 47.6 Å². The summed E-state index contributed by atoms with van der Waals surface area (Å²) in [6.45, 7) is 1.89. The van der Waals surface area contributed by atoms with Crippen molar-refractivity contribution in [3.63, 3.8) is 0 Å². The lowest BCUT2D eigenvalue weighted by Gasteiger charge is -2.21. The lowest BCUT2D eigenvalue weighted by atomic mass is 10.0. The maximum atomic E-state index is 10.4. The highest BCUT2D eigenvalue weighted by Crippen LogP contribution is 2.27. The van der Waals surface area contributed by atoms with Crippen LogP contribution in [0.25, 0.3) is 10.2 Å². The summed E-state index contributed by atoms with van der Waals surface area (Å²) >= 11 is 1.55. The van der Waals surface area contributed by atoms with Crippen LogP contribution >= 0.6 is 11.3 Å². The number of phenols is 1. The van der Waals surface area contributed by atoms with Gasteiger partial charge in [0.25, 0.3) is 0 Å². The number of benzene rings is 1. The van der Waals surface area contributed by atoms with Gasteiger partial charge in [-0.1, -0.05) is 12.1 Å². The number of aliphatic hydroxyl groups is 1. The Morgan fingerprint density at radius 3 is 2.67 bits per heavy atom. The number of hydrogen-bond acceptors (Lipinski definition) is 6. The monoisotopic (exact) mass is 301 g/mol. The number of hydrogen-bond donors (Lipinski definition) is 3. The molecule has 0 saturated carbocycles. The van der Waals surface area contributed by atoms with E-state index in [2.05, 4.69) is 15.3 Å². The molecule has 0 aliphatic carbocycles. The first kappa shape index (κ1) is 13.8. The van der Waals surface area contributed by atoms with Crippen LogP contribution in [-0.2, 0) is 0 Å². The van der Waals surface area contributed by atoms with E-state index in [0.29, 0.717) is 5.82 Å². The number of anilines is 1. The molecule has 0 bridgehead atoms. The Morgan fingerprint density at radius 1 is 1.14 bits per heavy atom. The molecule has 0 saturated heterocycles. The summed E-state index contributed by atoms with van der Waals surface area (Å²) in [5.41, 5.74) is 0.739. The molecule has 3 aromatic rings. The summed E-state index contributed by atoms with van der Waals surface area (Å²) in [6, 6.07) is 8.27. The van der Waals surface area contributed by atoms with Gasteiger partial charge in [0.15, 0.2) is 0 Å². The molecule has 0 aliphatic heterocycles. The van der Waals surface area contributed by atoms with E-state index in [9.17, 15) is 10.2 Å². The van der Waals surface area contributed by atoms with E-state index in [1.807, 2.05) is 18.4 Å². The Bertz CT molecular complexity index is 742. The molecule has 108 valence electrons. The van der Waals surface area contributed by atoms with Gasteiger partial charge in [-0.2, -0.15) is 0 Å². The number of nitrogens with one attached hydrogen (secondary N) is 1. The molecule has 0 spiro atoms. The molecule has 3 rings (SSSR count). The van der Waals surface area contributed by atoms with Gasteiger partial charge in [0.1, 0.15) is 22.7 Å². The van der Waals surface area contributed by atoms with E-state index in [1.54, 1.807) is 35.6 Å². The Morgan fingerprint density at radius 2 is 1.90 bits per heavy atom. The summed E-state index contributed by atoms with van der Waals surface area (Å²) in [5.74, 6) is 0.897. The zero-order valence-corrected chi connectivity index (χ0v) is 12.2. The van der Waals surface area contributed by atoms with Gasteiger partial charge in [0, 0.05) is 0 Å². The van der Waals surface area contributed by atoms with Crippen molar-refractivity contribution in [2.24, 2.45) is 0 Å². The number of aromatic hydroxyl groups is 1. The molecule has 6 heteroatoms. The molecule has 21 heavy (non-hydrogen) atoms. The number of rotatable bonds is 4. The summed E-state index contributed by atoms with van der Waals surface area (Å²) < 4.78 is 0. The van der Waals surface area contributed by atoms with Crippen LogP contribution < -0.4 is 5.32 Å². The van der Waals surface area contributed by atoms with Gasteiger partial charge in [0.05, 0.1) is 17.5 Å². The number of aliphatic hydroxyl groups excluding tert-OH is 1. The van der Waals surface area contributed by atoms with E-state index in [1.165, 1.54) is 6.33 Å². The average molecular weight is 301 g/mol. The lowest BCUT2D eigenvalue weighted by molar-refractivity contribution is 0.160. The largest absolute Gasteiger partial charge is 0.508 e. The van der Waals surface area contributed by atoms with Crippen molar-refractivity contribution in [2.75, 3.05) is 5.32 Å². The van der Waals surface area contributed by atoms with Crippen LogP contribution in [0.15, 0.2) is 42.0 Å². The predicted molar refractivity (Wildman–Crippen MR) is 83.6 cm³/mol. The second-order valence-corrected chi connectivity index (χ2v) is 5.73. The predicted octanol–water partition coefficient (Wildman–Crippen LogP) is 2.93. The van der Waals surface area contributed by atoms with Crippen molar-refractivity contribution in [3.8, 4) is 5.75 Å². The maximum absolute atomic E-state index is 10.4. The second kappa shape index (κ2) is 5.67. The summed E-state index contributed by atoms with van der Waals surface area (Å²) in [5, 5.41) is 25.8. The van der Waals surface area contributed by atoms with Crippen LogP contribution in [0.4, 0.5) is 5.82 Å². The molecule has 0 fully saturated rings. The van der Waals surface area contributed by atoms with E-state index >= 15 is 0 Å². The van der Waals surface area contributed by atoms with Crippen molar-refractivity contribution >= 4 is 27.4 Å². The van der Waals surface area contributed by atoms with Gasteiger partial charge in [0.2, 0.25) is 0 Å². The fourth-order valence-corrected chi connectivity index (χ4v) is 2.89. The molecule has 1 aromatic carbocycles. The summed E-state index contributed by atoms with van der Waals surface area (Å²) in [4.78, 5) is 9.36. The van der Waals surface area contributed by atoms with Crippen LogP contribution in [0.1, 0.15) is 18.6 Å². The third-order valence-corrected chi connectivity index (χ3v) is 4.16. The second-order valence-electron chi connectivity index (χ2n) is 4.83. The van der Waals surface area contributed by atoms with Crippen LogP contribution in [0.2, 0.25) is 0 Å².